The highest BCUT2D eigenvalue weighted by atomic mass is 16.6. The molecule has 0 aliphatic rings. The zero-order chi connectivity index (χ0) is 19.8. The Morgan fingerprint density at radius 3 is 1.59 bits per heavy atom. The van der Waals surface area contributed by atoms with Crippen LogP contribution in [0.1, 0.15) is 0 Å². The van der Waals surface area contributed by atoms with Gasteiger partial charge >= 0.3 is 7.32 Å². The lowest BCUT2D eigenvalue weighted by molar-refractivity contribution is 0.288. The SMILES string of the molecule is OB(O)Oc1ccc(-c2ccc(-n3c4ccccc4c4ccccc43)cc2)cc1. The van der Waals surface area contributed by atoms with Crippen LogP contribution in [0.15, 0.2) is 97.1 Å². The van der Waals surface area contributed by atoms with Crippen molar-refractivity contribution < 1.29 is 14.7 Å². The summed E-state index contributed by atoms with van der Waals surface area (Å²) in [6, 6.07) is 32.6. The quantitative estimate of drug-likeness (QED) is 0.441. The standard InChI is InChI=1S/C24H18BNO3/c27-25(28)29-20-15-11-18(12-16-20)17-9-13-19(14-10-17)26-23-7-3-1-5-21(23)22-6-2-4-8-24(22)26/h1-16,27-28H. The van der Waals surface area contributed by atoms with Crippen molar-refractivity contribution in [3.8, 4) is 22.6 Å². The number of benzene rings is 4. The molecule has 5 aromatic rings. The third-order valence-electron chi connectivity index (χ3n) is 5.13. The van der Waals surface area contributed by atoms with Gasteiger partial charge in [-0.3, -0.25) is 0 Å². The number of fused-ring (bicyclic) bond motifs is 3. The fourth-order valence-electron chi connectivity index (χ4n) is 3.85. The Hall–Kier alpha value is -3.54. The van der Waals surface area contributed by atoms with E-state index in [-0.39, 0.29) is 0 Å². The Balaban J connectivity index is 1.55. The van der Waals surface area contributed by atoms with Gasteiger partial charge in [-0.1, -0.05) is 60.7 Å². The monoisotopic (exact) mass is 379 g/mol. The van der Waals surface area contributed by atoms with Crippen LogP contribution in [0.4, 0.5) is 0 Å². The summed E-state index contributed by atoms with van der Waals surface area (Å²) < 4.78 is 7.15. The van der Waals surface area contributed by atoms with Gasteiger partial charge in [-0.25, -0.2) is 0 Å². The second kappa shape index (κ2) is 7.13. The Morgan fingerprint density at radius 1 is 0.586 bits per heavy atom. The minimum atomic E-state index is -1.81. The van der Waals surface area contributed by atoms with Gasteiger partial charge in [0.2, 0.25) is 0 Å². The molecule has 0 fully saturated rings. The van der Waals surface area contributed by atoms with Crippen molar-refractivity contribution in [2.24, 2.45) is 0 Å². The van der Waals surface area contributed by atoms with E-state index in [1.165, 1.54) is 21.8 Å². The summed E-state index contributed by atoms with van der Waals surface area (Å²) in [6.45, 7) is 0. The second-order valence-electron chi connectivity index (χ2n) is 6.89. The minimum Gasteiger partial charge on any atom is -0.512 e. The molecule has 0 saturated carbocycles. The van der Waals surface area contributed by atoms with Gasteiger partial charge in [0, 0.05) is 16.5 Å². The largest absolute Gasteiger partial charge is 0.707 e. The zero-order valence-electron chi connectivity index (χ0n) is 15.6. The number of hydrogen-bond donors (Lipinski definition) is 2. The molecule has 0 aliphatic heterocycles. The van der Waals surface area contributed by atoms with Gasteiger partial charge in [0.25, 0.3) is 0 Å². The highest BCUT2D eigenvalue weighted by Gasteiger charge is 2.12. The third-order valence-corrected chi connectivity index (χ3v) is 5.13. The molecule has 0 atom stereocenters. The summed E-state index contributed by atoms with van der Waals surface area (Å²) in [5, 5.41) is 20.3. The first-order chi connectivity index (χ1) is 14.2. The summed E-state index contributed by atoms with van der Waals surface area (Å²) >= 11 is 0. The smallest absolute Gasteiger partial charge is 0.512 e. The molecule has 0 amide bonds. The van der Waals surface area contributed by atoms with E-state index in [1.807, 2.05) is 12.1 Å². The van der Waals surface area contributed by atoms with Crippen LogP contribution in [0, 0.1) is 0 Å². The fraction of sp³-hybridized carbons (Fsp3) is 0. The van der Waals surface area contributed by atoms with Gasteiger partial charge in [0.15, 0.2) is 0 Å². The van der Waals surface area contributed by atoms with Crippen LogP contribution in [0.25, 0.3) is 38.6 Å². The molecule has 29 heavy (non-hydrogen) atoms. The molecule has 0 bridgehead atoms. The molecular weight excluding hydrogens is 361 g/mol. The van der Waals surface area contributed by atoms with Gasteiger partial charge in [-0.15, -0.1) is 0 Å². The van der Waals surface area contributed by atoms with Crippen molar-refractivity contribution >= 4 is 29.1 Å². The van der Waals surface area contributed by atoms with Crippen molar-refractivity contribution in [3.63, 3.8) is 0 Å². The Kier molecular flexibility index (Phi) is 4.32. The first kappa shape index (κ1) is 17.6. The lowest BCUT2D eigenvalue weighted by atomic mass is 10.0. The molecule has 140 valence electrons. The Labute approximate surface area is 168 Å². The summed E-state index contributed by atoms with van der Waals surface area (Å²) in [7, 11) is -1.81. The van der Waals surface area contributed by atoms with Crippen LogP contribution >= 0.6 is 0 Å². The van der Waals surface area contributed by atoms with Crippen LogP contribution in [0.2, 0.25) is 0 Å². The molecular formula is C24H18BNO3. The lowest BCUT2D eigenvalue weighted by Crippen LogP contribution is -2.20. The maximum absolute atomic E-state index is 8.89. The first-order valence-corrected chi connectivity index (χ1v) is 9.42. The molecule has 4 aromatic carbocycles. The molecule has 5 heteroatoms. The zero-order valence-corrected chi connectivity index (χ0v) is 15.6. The van der Waals surface area contributed by atoms with E-state index in [0.717, 1.165) is 16.8 Å². The van der Waals surface area contributed by atoms with Crippen molar-refractivity contribution in [2.75, 3.05) is 0 Å². The van der Waals surface area contributed by atoms with E-state index < -0.39 is 7.32 Å². The molecule has 0 aliphatic carbocycles. The molecule has 0 saturated heterocycles. The van der Waals surface area contributed by atoms with E-state index in [4.69, 9.17) is 14.7 Å². The summed E-state index contributed by atoms with van der Waals surface area (Å²) in [5.41, 5.74) is 5.58. The summed E-state index contributed by atoms with van der Waals surface area (Å²) in [4.78, 5) is 0. The third kappa shape index (κ3) is 3.16. The highest BCUT2D eigenvalue weighted by molar-refractivity contribution is 6.33. The molecule has 1 heterocycles. The van der Waals surface area contributed by atoms with Crippen molar-refractivity contribution in [1.29, 1.82) is 0 Å². The van der Waals surface area contributed by atoms with Gasteiger partial charge in [-0.05, 0) is 47.5 Å². The van der Waals surface area contributed by atoms with E-state index >= 15 is 0 Å². The maximum atomic E-state index is 8.89. The molecule has 5 rings (SSSR count). The predicted molar refractivity (Wildman–Crippen MR) is 117 cm³/mol. The molecule has 4 nitrogen and oxygen atoms in total. The predicted octanol–water partition coefficient (Wildman–Crippen LogP) is 4.80. The van der Waals surface area contributed by atoms with Crippen molar-refractivity contribution in [1.82, 2.24) is 4.57 Å². The lowest BCUT2D eigenvalue weighted by Gasteiger charge is -2.10. The van der Waals surface area contributed by atoms with Gasteiger partial charge in [0.1, 0.15) is 5.75 Å². The molecule has 0 radical (unpaired) electrons. The summed E-state index contributed by atoms with van der Waals surface area (Å²) in [5.74, 6) is 0.408. The maximum Gasteiger partial charge on any atom is 0.707 e. The fourth-order valence-corrected chi connectivity index (χ4v) is 3.85. The highest BCUT2D eigenvalue weighted by Crippen LogP contribution is 2.32. The van der Waals surface area contributed by atoms with E-state index in [1.54, 1.807) is 12.1 Å². The van der Waals surface area contributed by atoms with Gasteiger partial charge < -0.3 is 19.3 Å². The molecule has 1 aromatic heterocycles. The number of rotatable bonds is 4. The Morgan fingerprint density at radius 2 is 1.07 bits per heavy atom. The first-order valence-electron chi connectivity index (χ1n) is 9.42. The van der Waals surface area contributed by atoms with Gasteiger partial charge in [-0.2, -0.15) is 0 Å². The van der Waals surface area contributed by atoms with Crippen LogP contribution in [0.5, 0.6) is 5.75 Å². The van der Waals surface area contributed by atoms with Crippen LogP contribution in [-0.4, -0.2) is 21.9 Å². The van der Waals surface area contributed by atoms with Crippen LogP contribution in [-0.2, 0) is 0 Å². The number of nitrogens with zero attached hydrogens (tertiary/aromatic N) is 1. The number of aromatic nitrogens is 1. The topological polar surface area (TPSA) is 54.6 Å². The second-order valence-corrected chi connectivity index (χ2v) is 6.89. The average Bonchev–Trinajstić information content (AvgIpc) is 3.09. The van der Waals surface area contributed by atoms with E-state index in [0.29, 0.717) is 5.75 Å². The van der Waals surface area contributed by atoms with Gasteiger partial charge in [0.05, 0.1) is 11.0 Å². The molecule has 0 unspecified atom stereocenters. The normalized spacial score (nSPS) is 11.1. The van der Waals surface area contributed by atoms with Crippen LogP contribution < -0.4 is 4.65 Å². The van der Waals surface area contributed by atoms with E-state index in [2.05, 4.69) is 77.4 Å². The molecule has 2 N–H and O–H groups in total. The van der Waals surface area contributed by atoms with E-state index in [9.17, 15) is 0 Å². The molecule has 0 spiro atoms. The average molecular weight is 379 g/mol. The summed E-state index contributed by atoms with van der Waals surface area (Å²) in [6.07, 6.45) is 0. The minimum absolute atomic E-state index is 0.408. The van der Waals surface area contributed by atoms with Crippen molar-refractivity contribution in [3.05, 3.63) is 97.1 Å². The van der Waals surface area contributed by atoms with Crippen molar-refractivity contribution in [2.45, 2.75) is 0 Å². The number of hydrogen-bond acceptors (Lipinski definition) is 3. The Bertz CT molecular complexity index is 1240. The number of para-hydroxylation sites is 2. The van der Waals surface area contributed by atoms with Crippen LogP contribution in [0.3, 0.4) is 0 Å².